The summed E-state index contributed by atoms with van der Waals surface area (Å²) < 4.78 is 5.39. The Hall–Kier alpha value is -2.21. The van der Waals surface area contributed by atoms with Crippen LogP contribution in [0, 0.1) is 5.92 Å². The molecule has 0 spiro atoms. The van der Waals surface area contributed by atoms with Gasteiger partial charge in [0.1, 0.15) is 5.69 Å². The molecule has 24 heavy (non-hydrogen) atoms. The van der Waals surface area contributed by atoms with Crippen LogP contribution in [0.2, 0.25) is 0 Å². The molecule has 0 atom stereocenters. The molecule has 3 rings (SSSR count). The van der Waals surface area contributed by atoms with E-state index in [0.717, 1.165) is 6.42 Å². The largest absolute Gasteiger partial charge is 0.465 e. The average molecular weight is 344 g/mol. The zero-order valence-electron chi connectivity index (χ0n) is 13.4. The van der Waals surface area contributed by atoms with E-state index in [2.05, 4.69) is 4.98 Å². The SMILES string of the molecule is O=C(OCCc1cccs1)C1CCN(C(=O)c2ccccn2)CC1. The van der Waals surface area contributed by atoms with E-state index in [4.69, 9.17) is 4.74 Å². The highest BCUT2D eigenvalue weighted by Gasteiger charge is 2.29. The number of rotatable bonds is 5. The normalized spacial score (nSPS) is 15.2. The molecule has 5 nitrogen and oxygen atoms in total. The molecule has 1 saturated heterocycles. The summed E-state index contributed by atoms with van der Waals surface area (Å²) >= 11 is 1.67. The third-order valence-corrected chi connectivity index (χ3v) is 5.11. The molecule has 0 aliphatic carbocycles. The van der Waals surface area contributed by atoms with E-state index >= 15 is 0 Å². The number of amides is 1. The van der Waals surface area contributed by atoms with Gasteiger partial charge >= 0.3 is 5.97 Å². The van der Waals surface area contributed by atoms with Gasteiger partial charge in [-0.25, -0.2) is 0 Å². The van der Waals surface area contributed by atoms with Gasteiger partial charge in [0.05, 0.1) is 12.5 Å². The van der Waals surface area contributed by atoms with Crippen molar-refractivity contribution in [3.05, 3.63) is 52.5 Å². The fourth-order valence-electron chi connectivity index (χ4n) is 2.79. The first kappa shape index (κ1) is 16.6. The molecule has 2 aromatic heterocycles. The van der Waals surface area contributed by atoms with Crippen molar-refractivity contribution in [1.29, 1.82) is 0 Å². The molecule has 1 aliphatic rings. The monoisotopic (exact) mass is 344 g/mol. The van der Waals surface area contributed by atoms with Gasteiger partial charge in [0.15, 0.2) is 0 Å². The summed E-state index contributed by atoms with van der Waals surface area (Å²) in [5.41, 5.74) is 0.453. The molecule has 0 N–H and O–H groups in total. The molecular formula is C18H20N2O3S. The number of carbonyl (C=O) groups excluding carboxylic acids is 2. The molecule has 0 unspecified atom stereocenters. The van der Waals surface area contributed by atoms with Crippen LogP contribution in [-0.2, 0) is 16.0 Å². The maximum Gasteiger partial charge on any atom is 0.309 e. The highest BCUT2D eigenvalue weighted by Crippen LogP contribution is 2.20. The fourth-order valence-corrected chi connectivity index (χ4v) is 3.48. The van der Waals surface area contributed by atoms with E-state index in [1.165, 1.54) is 4.88 Å². The van der Waals surface area contributed by atoms with Crippen molar-refractivity contribution in [3.8, 4) is 0 Å². The number of piperidine rings is 1. The van der Waals surface area contributed by atoms with E-state index < -0.39 is 0 Å². The Morgan fingerprint density at radius 1 is 1.21 bits per heavy atom. The highest BCUT2D eigenvalue weighted by atomic mass is 32.1. The number of likely N-dealkylation sites (tertiary alicyclic amines) is 1. The summed E-state index contributed by atoms with van der Waals surface area (Å²) in [4.78, 5) is 31.5. The number of esters is 1. The second-order valence-electron chi connectivity index (χ2n) is 5.78. The van der Waals surface area contributed by atoms with Gasteiger partial charge in [-0.3, -0.25) is 14.6 Å². The number of hydrogen-bond donors (Lipinski definition) is 0. The van der Waals surface area contributed by atoms with Crippen LogP contribution < -0.4 is 0 Å². The van der Waals surface area contributed by atoms with Crippen LogP contribution in [0.25, 0.3) is 0 Å². The number of thiophene rings is 1. The fraction of sp³-hybridized carbons (Fsp3) is 0.389. The van der Waals surface area contributed by atoms with Crippen molar-refractivity contribution in [3.63, 3.8) is 0 Å². The Morgan fingerprint density at radius 3 is 2.71 bits per heavy atom. The van der Waals surface area contributed by atoms with Crippen molar-refractivity contribution in [2.45, 2.75) is 19.3 Å². The molecule has 0 aromatic carbocycles. The van der Waals surface area contributed by atoms with Crippen molar-refractivity contribution < 1.29 is 14.3 Å². The molecule has 1 amide bonds. The number of carbonyl (C=O) groups is 2. The maximum atomic E-state index is 12.3. The van der Waals surface area contributed by atoms with E-state index in [-0.39, 0.29) is 17.8 Å². The lowest BCUT2D eigenvalue weighted by atomic mass is 9.97. The maximum absolute atomic E-state index is 12.3. The van der Waals surface area contributed by atoms with Gasteiger partial charge in [-0.1, -0.05) is 12.1 Å². The predicted octanol–water partition coefficient (Wildman–Crippen LogP) is 2.78. The molecule has 2 aromatic rings. The summed E-state index contributed by atoms with van der Waals surface area (Å²) in [7, 11) is 0. The number of nitrogens with zero attached hydrogens (tertiary/aromatic N) is 2. The average Bonchev–Trinajstić information content (AvgIpc) is 3.15. The molecule has 6 heteroatoms. The van der Waals surface area contributed by atoms with E-state index in [0.29, 0.717) is 38.2 Å². The first-order valence-electron chi connectivity index (χ1n) is 8.13. The molecule has 0 radical (unpaired) electrons. The minimum Gasteiger partial charge on any atom is -0.465 e. The molecule has 3 heterocycles. The van der Waals surface area contributed by atoms with Crippen LogP contribution in [0.5, 0.6) is 0 Å². The highest BCUT2D eigenvalue weighted by molar-refractivity contribution is 7.09. The lowest BCUT2D eigenvalue weighted by Gasteiger charge is -2.30. The van der Waals surface area contributed by atoms with Gasteiger partial charge in [-0.2, -0.15) is 0 Å². The van der Waals surface area contributed by atoms with Crippen LogP contribution in [0.1, 0.15) is 28.2 Å². The first-order valence-corrected chi connectivity index (χ1v) is 9.01. The number of aromatic nitrogens is 1. The first-order chi connectivity index (χ1) is 11.7. The molecular weight excluding hydrogens is 324 g/mol. The zero-order chi connectivity index (χ0) is 16.8. The van der Waals surface area contributed by atoms with E-state index in [1.54, 1.807) is 40.6 Å². The Kier molecular flexibility index (Phi) is 5.59. The second-order valence-corrected chi connectivity index (χ2v) is 6.81. The smallest absolute Gasteiger partial charge is 0.309 e. The topological polar surface area (TPSA) is 59.5 Å². The van der Waals surface area contributed by atoms with Crippen molar-refractivity contribution in [2.24, 2.45) is 5.92 Å². The van der Waals surface area contributed by atoms with Gasteiger partial charge in [0.25, 0.3) is 5.91 Å². The van der Waals surface area contributed by atoms with Crippen LogP contribution >= 0.6 is 11.3 Å². The van der Waals surface area contributed by atoms with Crippen molar-refractivity contribution in [2.75, 3.05) is 19.7 Å². The predicted molar refractivity (Wildman–Crippen MR) is 91.8 cm³/mol. The third-order valence-electron chi connectivity index (χ3n) is 4.17. The standard InChI is InChI=1S/C18H20N2O3S/c21-17(16-5-1-2-9-19-16)20-10-6-14(7-11-20)18(22)23-12-8-15-4-3-13-24-15/h1-5,9,13-14H,6-8,10-12H2. The number of hydrogen-bond acceptors (Lipinski definition) is 5. The van der Waals surface area contributed by atoms with Gasteiger partial charge in [0.2, 0.25) is 0 Å². The van der Waals surface area contributed by atoms with Gasteiger partial charge in [-0.15, -0.1) is 11.3 Å². The Labute approximate surface area is 145 Å². The van der Waals surface area contributed by atoms with Gasteiger partial charge in [-0.05, 0) is 36.4 Å². The van der Waals surface area contributed by atoms with Gasteiger partial charge in [0, 0.05) is 30.6 Å². The van der Waals surface area contributed by atoms with Crippen molar-refractivity contribution >= 4 is 23.2 Å². The quantitative estimate of drug-likeness (QED) is 0.783. The summed E-state index contributed by atoms with van der Waals surface area (Å²) in [5, 5.41) is 2.02. The number of pyridine rings is 1. The molecule has 0 bridgehead atoms. The van der Waals surface area contributed by atoms with Crippen LogP contribution in [0.4, 0.5) is 0 Å². The van der Waals surface area contributed by atoms with Gasteiger partial charge < -0.3 is 9.64 Å². The Morgan fingerprint density at radius 2 is 2.04 bits per heavy atom. The second kappa shape index (κ2) is 8.06. The van der Waals surface area contributed by atoms with Crippen LogP contribution in [0.3, 0.4) is 0 Å². The minimum absolute atomic E-state index is 0.0693. The molecule has 126 valence electrons. The summed E-state index contributed by atoms with van der Waals surface area (Å²) in [6, 6.07) is 9.34. The van der Waals surface area contributed by atoms with Crippen molar-refractivity contribution in [1.82, 2.24) is 9.88 Å². The molecule has 0 saturated carbocycles. The third kappa shape index (κ3) is 4.20. The van der Waals surface area contributed by atoms with E-state index in [1.807, 2.05) is 17.5 Å². The lowest BCUT2D eigenvalue weighted by molar-refractivity contribution is -0.149. The Bertz CT molecular complexity index is 665. The number of ether oxygens (including phenoxy) is 1. The van der Waals surface area contributed by atoms with Crippen LogP contribution in [-0.4, -0.2) is 41.5 Å². The molecule has 1 fully saturated rings. The molecule has 1 aliphatic heterocycles. The summed E-state index contributed by atoms with van der Waals surface area (Å²) in [6.07, 6.45) is 3.68. The minimum atomic E-state index is -0.142. The van der Waals surface area contributed by atoms with E-state index in [9.17, 15) is 9.59 Å². The van der Waals surface area contributed by atoms with Crippen LogP contribution in [0.15, 0.2) is 41.9 Å². The summed E-state index contributed by atoms with van der Waals surface area (Å²) in [5.74, 6) is -0.322. The zero-order valence-corrected chi connectivity index (χ0v) is 14.2. The lowest BCUT2D eigenvalue weighted by Crippen LogP contribution is -2.41. The summed E-state index contributed by atoms with van der Waals surface area (Å²) in [6.45, 7) is 1.56. The Balaban J connectivity index is 1.43.